The monoisotopic (exact) mass is 264 g/mol. The number of aliphatic hydroxyl groups excluding tert-OH is 1. The third-order valence-corrected chi connectivity index (χ3v) is 4.71. The van der Waals surface area contributed by atoms with Crippen molar-refractivity contribution in [2.24, 2.45) is 17.3 Å². The summed E-state index contributed by atoms with van der Waals surface area (Å²) in [7, 11) is 0. The fraction of sp³-hybridized carbons (Fsp3) is 0.600. The number of aliphatic hydroxyl groups is 1. The van der Waals surface area contributed by atoms with E-state index in [1.54, 1.807) is 19.9 Å². The second-order valence-electron chi connectivity index (χ2n) is 5.98. The van der Waals surface area contributed by atoms with Gasteiger partial charge in [0.25, 0.3) is 0 Å². The zero-order valence-electron chi connectivity index (χ0n) is 11.5. The van der Waals surface area contributed by atoms with Gasteiger partial charge in [0.15, 0.2) is 5.78 Å². The van der Waals surface area contributed by atoms with Gasteiger partial charge in [-0.05, 0) is 31.4 Å². The minimum absolute atomic E-state index is 0.00871. The van der Waals surface area contributed by atoms with E-state index in [1.165, 1.54) is 0 Å². The number of carbonyl (C=O) groups is 2. The van der Waals surface area contributed by atoms with Gasteiger partial charge in [-0.25, -0.2) is 0 Å². The van der Waals surface area contributed by atoms with E-state index >= 15 is 0 Å². The Labute approximate surface area is 112 Å². The zero-order valence-corrected chi connectivity index (χ0v) is 11.5. The van der Waals surface area contributed by atoms with E-state index in [1.807, 2.05) is 13.0 Å². The number of aliphatic carboxylic acids is 1. The number of carbonyl (C=O) groups excluding carboxylic acids is 1. The van der Waals surface area contributed by atoms with E-state index in [0.29, 0.717) is 18.4 Å². The van der Waals surface area contributed by atoms with Gasteiger partial charge in [-0.2, -0.15) is 0 Å². The molecule has 0 spiro atoms. The Morgan fingerprint density at radius 1 is 1.53 bits per heavy atom. The smallest absolute Gasteiger partial charge is 0.306 e. The van der Waals surface area contributed by atoms with Crippen LogP contribution in [0, 0.1) is 17.3 Å². The second-order valence-corrected chi connectivity index (χ2v) is 5.98. The van der Waals surface area contributed by atoms with Gasteiger partial charge in [0.1, 0.15) is 0 Å². The molecular weight excluding hydrogens is 244 g/mol. The number of fused-ring (bicyclic) bond motifs is 1. The Morgan fingerprint density at radius 3 is 2.74 bits per heavy atom. The van der Waals surface area contributed by atoms with Gasteiger partial charge in [0, 0.05) is 11.3 Å². The Kier molecular flexibility index (Phi) is 3.39. The summed E-state index contributed by atoms with van der Waals surface area (Å²) >= 11 is 0. The first-order chi connectivity index (χ1) is 8.76. The van der Waals surface area contributed by atoms with Crippen molar-refractivity contribution in [1.29, 1.82) is 0 Å². The first-order valence-electron chi connectivity index (χ1n) is 6.61. The molecule has 4 heteroatoms. The lowest BCUT2D eigenvalue weighted by atomic mass is 9.61. The number of ketones is 1. The van der Waals surface area contributed by atoms with Crippen molar-refractivity contribution in [2.75, 3.05) is 0 Å². The fourth-order valence-electron chi connectivity index (χ4n) is 3.29. The van der Waals surface area contributed by atoms with Crippen molar-refractivity contribution in [3.05, 3.63) is 23.3 Å². The molecule has 0 aromatic rings. The average molecular weight is 264 g/mol. The molecule has 2 rings (SSSR count). The molecule has 0 saturated heterocycles. The lowest BCUT2D eigenvalue weighted by molar-refractivity contribution is -0.145. The summed E-state index contributed by atoms with van der Waals surface area (Å²) in [6, 6.07) is 0. The molecule has 2 N–H and O–H groups in total. The maximum absolute atomic E-state index is 11.8. The first kappa shape index (κ1) is 14.0. The summed E-state index contributed by atoms with van der Waals surface area (Å²) in [5.74, 6) is -1.84. The minimum Gasteiger partial charge on any atom is -0.481 e. The zero-order chi connectivity index (χ0) is 14.4. The first-order valence-corrected chi connectivity index (χ1v) is 6.61. The van der Waals surface area contributed by atoms with Gasteiger partial charge >= 0.3 is 5.97 Å². The molecule has 19 heavy (non-hydrogen) atoms. The summed E-state index contributed by atoms with van der Waals surface area (Å²) in [5, 5.41) is 19.4. The molecule has 0 amide bonds. The molecule has 0 aromatic heterocycles. The summed E-state index contributed by atoms with van der Waals surface area (Å²) in [5.41, 5.74) is 1.38. The highest BCUT2D eigenvalue weighted by Gasteiger charge is 2.44. The maximum atomic E-state index is 11.8. The van der Waals surface area contributed by atoms with Crippen molar-refractivity contribution in [3.63, 3.8) is 0 Å². The molecule has 1 saturated carbocycles. The van der Waals surface area contributed by atoms with Gasteiger partial charge in [0.05, 0.1) is 12.0 Å². The molecule has 104 valence electrons. The predicted octanol–water partition coefficient (Wildman–Crippen LogP) is 1.94. The van der Waals surface area contributed by atoms with Crippen LogP contribution in [0.25, 0.3) is 0 Å². The second kappa shape index (κ2) is 4.60. The van der Waals surface area contributed by atoms with Gasteiger partial charge in [-0.3, -0.25) is 9.59 Å². The van der Waals surface area contributed by atoms with E-state index in [9.17, 15) is 14.7 Å². The minimum atomic E-state index is -0.899. The van der Waals surface area contributed by atoms with Crippen LogP contribution in [0.15, 0.2) is 23.3 Å². The third-order valence-electron chi connectivity index (χ3n) is 4.71. The topological polar surface area (TPSA) is 74.6 Å². The van der Waals surface area contributed by atoms with Crippen LogP contribution in [0.4, 0.5) is 0 Å². The van der Waals surface area contributed by atoms with Crippen molar-refractivity contribution < 1.29 is 19.8 Å². The SMILES string of the molecule is CC1=C2C[C@H]([C@H](C)C(=O)O)[C@@H](O)C[C@@]2(C)C=CC1=O. The fourth-order valence-corrected chi connectivity index (χ4v) is 3.29. The molecule has 2 aliphatic rings. The van der Waals surface area contributed by atoms with Crippen molar-refractivity contribution in [2.45, 2.75) is 39.7 Å². The summed E-state index contributed by atoms with van der Waals surface area (Å²) in [6.07, 6.45) is 3.72. The van der Waals surface area contributed by atoms with Gasteiger partial charge in [-0.15, -0.1) is 0 Å². The standard InChI is InChI=1S/C15H20O4/c1-8(14(18)19)10-6-11-9(2)12(16)4-5-15(11,3)7-13(10)17/h4-5,8,10,13,17H,6-7H2,1-3H3,(H,18,19)/t8-,10+,13-,15+/m0/s1. The molecule has 0 heterocycles. The summed E-state index contributed by atoms with van der Waals surface area (Å²) in [6.45, 7) is 5.41. The Balaban J connectivity index is 2.37. The van der Waals surface area contributed by atoms with Crippen molar-refractivity contribution in [1.82, 2.24) is 0 Å². The number of rotatable bonds is 2. The van der Waals surface area contributed by atoms with Crippen LogP contribution in [0.5, 0.6) is 0 Å². The molecule has 0 radical (unpaired) electrons. The van der Waals surface area contributed by atoms with Crippen LogP contribution in [0.3, 0.4) is 0 Å². The molecule has 4 atom stereocenters. The molecule has 0 bridgehead atoms. The summed E-state index contributed by atoms with van der Waals surface area (Å²) in [4.78, 5) is 22.9. The Morgan fingerprint density at radius 2 is 2.16 bits per heavy atom. The highest BCUT2D eigenvalue weighted by Crippen LogP contribution is 2.49. The van der Waals surface area contributed by atoms with Crippen LogP contribution in [-0.2, 0) is 9.59 Å². The number of hydrogen-bond donors (Lipinski definition) is 2. The van der Waals surface area contributed by atoms with E-state index < -0.39 is 18.0 Å². The van der Waals surface area contributed by atoms with Crippen LogP contribution in [0.1, 0.15) is 33.6 Å². The lowest BCUT2D eigenvalue weighted by Crippen LogP contribution is -2.42. The molecule has 1 fully saturated rings. The van der Waals surface area contributed by atoms with Crippen LogP contribution < -0.4 is 0 Å². The van der Waals surface area contributed by atoms with E-state index in [-0.39, 0.29) is 17.1 Å². The number of carboxylic acid groups (broad SMARTS) is 1. The van der Waals surface area contributed by atoms with Crippen molar-refractivity contribution >= 4 is 11.8 Å². The average Bonchev–Trinajstić information content (AvgIpc) is 2.33. The normalized spacial score (nSPS) is 36.1. The summed E-state index contributed by atoms with van der Waals surface area (Å²) < 4.78 is 0. The van der Waals surface area contributed by atoms with Crippen LogP contribution in [0.2, 0.25) is 0 Å². The third kappa shape index (κ3) is 2.25. The number of carboxylic acids is 1. The van der Waals surface area contributed by atoms with E-state index in [4.69, 9.17) is 5.11 Å². The largest absolute Gasteiger partial charge is 0.481 e. The number of hydrogen-bond acceptors (Lipinski definition) is 3. The van der Waals surface area contributed by atoms with Gasteiger partial charge in [-0.1, -0.05) is 25.5 Å². The van der Waals surface area contributed by atoms with Gasteiger partial charge in [0.2, 0.25) is 0 Å². The molecule has 0 unspecified atom stereocenters. The molecular formula is C15H20O4. The highest BCUT2D eigenvalue weighted by atomic mass is 16.4. The quantitative estimate of drug-likeness (QED) is 0.799. The Hall–Kier alpha value is -1.42. The predicted molar refractivity (Wildman–Crippen MR) is 70.5 cm³/mol. The van der Waals surface area contributed by atoms with Gasteiger partial charge < -0.3 is 10.2 Å². The number of allylic oxidation sites excluding steroid dienone is 4. The van der Waals surface area contributed by atoms with Crippen LogP contribution in [-0.4, -0.2) is 28.1 Å². The van der Waals surface area contributed by atoms with Crippen molar-refractivity contribution in [3.8, 4) is 0 Å². The maximum Gasteiger partial charge on any atom is 0.306 e. The van der Waals surface area contributed by atoms with E-state index in [2.05, 4.69) is 0 Å². The highest BCUT2D eigenvalue weighted by molar-refractivity contribution is 6.05. The molecule has 0 aliphatic heterocycles. The molecule has 0 aromatic carbocycles. The molecule has 2 aliphatic carbocycles. The lowest BCUT2D eigenvalue weighted by Gasteiger charge is -2.44. The van der Waals surface area contributed by atoms with Crippen LogP contribution >= 0.6 is 0 Å². The Bertz CT molecular complexity index is 488. The van der Waals surface area contributed by atoms with E-state index in [0.717, 1.165) is 5.57 Å². The molecule has 4 nitrogen and oxygen atoms in total.